The first kappa shape index (κ1) is 17.8. The van der Waals surface area contributed by atoms with Crippen LogP contribution in [-0.4, -0.2) is 29.3 Å². The molecule has 0 spiro atoms. The molecule has 5 nitrogen and oxygen atoms in total. The minimum atomic E-state index is -0.0659. The number of hydrogen-bond acceptors (Lipinski definition) is 4. The molecular formula is C19H23NO4. The summed E-state index contributed by atoms with van der Waals surface area (Å²) in [6.07, 6.45) is 1.02. The zero-order chi connectivity index (χ0) is 17.5. The van der Waals surface area contributed by atoms with Crippen molar-refractivity contribution >= 4 is 5.91 Å². The molecule has 0 atom stereocenters. The van der Waals surface area contributed by atoms with Crippen molar-refractivity contribution in [3.05, 3.63) is 53.1 Å². The molecule has 0 radical (unpaired) electrons. The standard InChI is InChI=1S/C19H23NO4/c1-13-11-15(3-8-18(23)20-9-10-21)12-14(2)19(13)24-17-6-4-16(22)5-7-17/h4-7,11-12,21-22H,3,8-10H2,1-2H3,(H,20,23). The van der Waals surface area contributed by atoms with Gasteiger partial charge < -0.3 is 20.3 Å². The topological polar surface area (TPSA) is 78.8 Å². The number of ether oxygens (including phenoxy) is 1. The molecule has 1 amide bonds. The van der Waals surface area contributed by atoms with Crippen molar-refractivity contribution in [2.75, 3.05) is 13.2 Å². The minimum Gasteiger partial charge on any atom is -0.508 e. The molecule has 0 heterocycles. The molecular weight excluding hydrogens is 306 g/mol. The maximum Gasteiger partial charge on any atom is 0.220 e. The highest BCUT2D eigenvalue weighted by molar-refractivity contribution is 5.76. The number of phenolic OH excluding ortho intramolecular Hbond substituents is 1. The molecule has 0 aliphatic heterocycles. The monoisotopic (exact) mass is 329 g/mol. The predicted molar refractivity (Wildman–Crippen MR) is 92.5 cm³/mol. The summed E-state index contributed by atoms with van der Waals surface area (Å²) in [6, 6.07) is 10.6. The average Bonchev–Trinajstić information content (AvgIpc) is 2.56. The van der Waals surface area contributed by atoms with Gasteiger partial charge in [0.25, 0.3) is 0 Å². The maximum absolute atomic E-state index is 11.6. The highest BCUT2D eigenvalue weighted by atomic mass is 16.5. The number of rotatable bonds is 7. The highest BCUT2D eigenvalue weighted by Crippen LogP contribution is 2.30. The van der Waals surface area contributed by atoms with Crippen LogP contribution in [-0.2, 0) is 11.2 Å². The third-order valence-electron chi connectivity index (χ3n) is 3.65. The van der Waals surface area contributed by atoms with Crippen molar-refractivity contribution in [1.82, 2.24) is 5.32 Å². The van der Waals surface area contributed by atoms with Gasteiger partial charge in [-0.25, -0.2) is 0 Å². The first-order chi connectivity index (χ1) is 11.5. The summed E-state index contributed by atoms with van der Waals surface area (Å²) in [4.78, 5) is 11.6. The molecule has 0 unspecified atom stereocenters. The number of carbonyl (C=O) groups excluding carboxylic acids is 1. The number of nitrogens with one attached hydrogen (secondary N) is 1. The van der Waals surface area contributed by atoms with E-state index in [4.69, 9.17) is 9.84 Å². The highest BCUT2D eigenvalue weighted by Gasteiger charge is 2.09. The molecule has 0 saturated heterocycles. The average molecular weight is 329 g/mol. The summed E-state index contributed by atoms with van der Waals surface area (Å²) in [6.45, 7) is 4.18. The molecule has 0 aliphatic rings. The Balaban J connectivity index is 2.05. The number of hydrogen-bond donors (Lipinski definition) is 3. The fourth-order valence-electron chi connectivity index (χ4n) is 2.52. The molecule has 128 valence electrons. The van der Waals surface area contributed by atoms with Gasteiger partial charge in [0.2, 0.25) is 5.91 Å². The Hall–Kier alpha value is -2.53. The zero-order valence-corrected chi connectivity index (χ0v) is 14.0. The minimum absolute atomic E-state index is 0.0484. The second-order valence-electron chi connectivity index (χ2n) is 5.73. The van der Waals surface area contributed by atoms with Gasteiger partial charge in [-0.15, -0.1) is 0 Å². The zero-order valence-electron chi connectivity index (χ0n) is 14.0. The lowest BCUT2D eigenvalue weighted by Crippen LogP contribution is -2.26. The molecule has 2 aromatic carbocycles. The molecule has 0 saturated carbocycles. The van der Waals surface area contributed by atoms with Crippen LogP contribution in [0.2, 0.25) is 0 Å². The van der Waals surface area contributed by atoms with Gasteiger partial charge in [-0.1, -0.05) is 12.1 Å². The number of aromatic hydroxyl groups is 1. The van der Waals surface area contributed by atoms with E-state index in [0.29, 0.717) is 18.6 Å². The Morgan fingerprint density at radius 2 is 1.75 bits per heavy atom. The van der Waals surface area contributed by atoms with E-state index < -0.39 is 0 Å². The van der Waals surface area contributed by atoms with Gasteiger partial charge in [-0.3, -0.25) is 4.79 Å². The lowest BCUT2D eigenvalue weighted by atomic mass is 10.0. The summed E-state index contributed by atoms with van der Waals surface area (Å²) in [5.41, 5.74) is 3.06. The van der Waals surface area contributed by atoms with Gasteiger partial charge in [0.1, 0.15) is 17.2 Å². The van der Waals surface area contributed by atoms with Crippen molar-refractivity contribution in [1.29, 1.82) is 0 Å². The van der Waals surface area contributed by atoms with Crippen LogP contribution in [0, 0.1) is 13.8 Å². The predicted octanol–water partition coefficient (Wildman–Crippen LogP) is 2.84. The summed E-state index contributed by atoms with van der Waals surface area (Å²) in [5, 5.41) is 20.7. The van der Waals surface area contributed by atoms with Gasteiger partial charge >= 0.3 is 0 Å². The smallest absolute Gasteiger partial charge is 0.220 e. The van der Waals surface area contributed by atoms with Crippen LogP contribution >= 0.6 is 0 Å². The van der Waals surface area contributed by atoms with Crippen LogP contribution in [0.1, 0.15) is 23.1 Å². The Labute approximate surface area is 141 Å². The number of amides is 1. The lowest BCUT2D eigenvalue weighted by Gasteiger charge is -2.14. The second-order valence-corrected chi connectivity index (χ2v) is 5.73. The number of carbonyl (C=O) groups is 1. The summed E-state index contributed by atoms with van der Waals surface area (Å²) >= 11 is 0. The Kier molecular flexibility index (Phi) is 6.21. The number of aliphatic hydroxyl groups excluding tert-OH is 1. The van der Waals surface area contributed by atoms with E-state index >= 15 is 0 Å². The summed E-state index contributed by atoms with van der Waals surface area (Å²) in [5.74, 6) is 1.58. The van der Waals surface area contributed by atoms with Crippen LogP contribution in [0.25, 0.3) is 0 Å². The van der Waals surface area contributed by atoms with Crippen LogP contribution in [0.5, 0.6) is 17.2 Å². The second kappa shape index (κ2) is 8.36. The number of aryl methyl sites for hydroxylation is 3. The molecule has 0 aromatic heterocycles. The van der Waals surface area contributed by atoms with Crippen molar-refractivity contribution in [2.45, 2.75) is 26.7 Å². The SMILES string of the molecule is Cc1cc(CCC(=O)NCCO)cc(C)c1Oc1ccc(O)cc1. The first-order valence-electron chi connectivity index (χ1n) is 7.94. The fraction of sp³-hybridized carbons (Fsp3) is 0.316. The molecule has 0 aliphatic carbocycles. The van der Waals surface area contributed by atoms with Crippen molar-refractivity contribution in [3.8, 4) is 17.2 Å². The molecule has 0 bridgehead atoms. The summed E-state index contributed by atoms with van der Waals surface area (Å²) < 4.78 is 5.91. The molecule has 3 N–H and O–H groups in total. The molecule has 24 heavy (non-hydrogen) atoms. The Morgan fingerprint density at radius 1 is 1.12 bits per heavy atom. The van der Waals surface area contributed by atoms with Crippen molar-refractivity contribution in [2.24, 2.45) is 0 Å². The Morgan fingerprint density at radius 3 is 2.33 bits per heavy atom. The normalized spacial score (nSPS) is 10.5. The van der Waals surface area contributed by atoms with Crippen LogP contribution in [0.3, 0.4) is 0 Å². The number of aliphatic hydroxyl groups is 1. The van der Waals surface area contributed by atoms with Gasteiger partial charge in [0, 0.05) is 13.0 Å². The van der Waals surface area contributed by atoms with Gasteiger partial charge in [0.15, 0.2) is 0 Å². The van der Waals surface area contributed by atoms with E-state index in [1.165, 1.54) is 0 Å². The molecule has 2 aromatic rings. The fourth-order valence-corrected chi connectivity index (χ4v) is 2.52. The van der Waals surface area contributed by atoms with E-state index in [1.807, 2.05) is 26.0 Å². The van der Waals surface area contributed by atoms with Crippen molar-refractivity contribution < 1.29 is 19.7 Å². The van der Waals surface area contributed by atoms with Crippen LogP contribution in [0.15, 0.2) is 36.4 Å². The number of benzene rings is 2. The van der Waals surface area contributed by atoms with Gasteiger partial charge in [-0.2, -0.15) is 0 Å². The third kappa shape index (κ3) is 4.99. The van der Waals surface area contributed by atoms with E-state index in [0.717, 1.165) is 22.4 Å². The van der Waals surface area contributed by atoms with E-state index in [9.17, 15) is 9.90 Å². The lowest BCUT2D eigenvalue weighted by molar-refractivity contribution is -0.121. The number of phenols is 1. The summed E-state index contributed by atoms with van der Waals surface area (Å²) in [7, 11) is 0. The van der Waals surface area contributed by atoms with Crippen molar-refractivity contribution in [3.63, 3.8) is 0 Å². The maximum atomic E-state index is 11.6. The van der Waals surface area contributed by atoms with E-state index in [-0.39, 0.29) is 24.8 Å². The van der Waals surface area contributed by atoms with Crippen LogP contribution < -0.4 is 10.1 Å². The largest absolute Gasteiger partial charge is 0.508 e. The molecule has 5 heteroatoms. The van der Waals surface area contributed by atoms with Gasteiger partial charge in [0.05, 0.1) is 6.61 Å². The molecule has 2 rings (SSSR count). The first-order valence-corrected chi connectivity index (χ1v) is 7.94. The van der Waals surface area contributed by atoms with E-state index in [1.54, 1.807) is 24.3 Å². The van der Waals surface area contributed by atoms with E-state index in [2.05, 4.69) is 5.32 Å². The quantitative estimate of drug-likeness (QED) is 0.730. The Bertz CT molecular complexity index is 672. The van der Waals surface area contributed by atoms with Crippen LogP contribution in [0.4, 0.5) is 0 Å². The van der Waals surface area contributed by atoms with Gasteiger partial charge in [-0.05, 0) is 61.2 Å². The third-order valence-corrected chi connectivity index (χ3v) is 3.65. The molecule has 0 fully saturated rings.